The highest BCUT2D eigenvalue weighted by molar-refractivity contribution is 7.75. The molecule has 1 aromatic carbocycles. The number of hydrogen-bond donors (Lipinski definition) is 0. The fourth-order valence-electron chi connectivity index (χ4n) is 1.02. The largest absolute Gasteiger partial charge is 0.285 e. The second-order valence-corrected chi connectivity index (χ2v) is 6.18. The molecule has 3 heteroatoms. The minimum Gasteiger partial charge on any atom is -0.285 e. The predicted octanol–water partition coefficient (Wildman–Crippen LogP) is 3.30. The average molecular weight is 229 g/mol. The molecule has 0 radical (unpaired) electrons. The van der Waals surface area contributed by atoms with Crippen molar-refractivity contribution in [2.75, 3.05) is 0 Å². The van der Waals surface area contributed by atoms with Crippen molar-refractivity contribution in [1.29, 1.82) is 0 Å². The van der Waals surface area contributed by atoms with Crippen LogP contribution in [-0.4, -0.2) is 4.75 Å². The van der Waals surface area contributed by atoms with Crippen LogP contribution in [0.1, 0.15) is 33.3 Å². The molecule has 0 aliphatic heterocycles. The standard InChI is InChI=1S/C12H17FOS/c1-5-9-6-7-10(13)11(8-9)14-15-12(2,3)4/h6-8H,5H2,1-4H3/p+1. The first-order valence-corrected chi connectivity index (χ1v) is 5.91. The third-order valence-electron chi connectivity index (χ3n) is 1.82. The predicted molar refractivity (Wildman–Crippen MR) is 64.9 cm³/mol. The summed E-state index contributed by atoms with van der Waals surface area (Å²) in [6.07, 6.45) is 0.892. The molecule has 0 fully saturated rings. The van der Waals surface area contributed by atoms with Crippen LogP contribution < -0.4 is 4.18 Å². The van der Waals surface area contributed by atoms with Crippen LogP contribution in [0.25, 0.3) is 0 Å². The molecule has 0 aliphatic rings. The Hall–Kier alpha value is -0.700. The summed E-state index contributed by atoms with van der Waals surface area (Å²) in [5.74, 6) is 0.0647. The molecule has 0 spiro atoms. The fraction of sp³-hybridized carbons (Fsp3) is 0.500. The lowest BCUT2D eigenvalue weighted by Crippen LogP contribution is -2.20. The third-order valence-corrected chi connectivity index (χ3v) is 2.66. The van der Waals surface area contributed by atoms with E-state index in [9.17, 15) is 4.39 Å². The molecule has 0 amide bonds. The topological polar surface area (TPSA) is 9.23 Å². The Bertz CT molecular complexity index is 331. The van der Waals surface area contributed by atoms with Gasteiger partial charge in [-0.15, -0.1) is 0 Å². The van der Waals surface area contributed by atoms with Crippen molar-refractivity contribution >= 4 is 12.0 Å². The Morgan fingerprint density at radius 3 is 2.53 bits per heavy atom. The van der Waals surface area contributed by atoms with Gasteiger partial charge in [-0.05, 0) is 44.9 Å². The molecule has 0 saturated carbocycles. The normalized spacial score (nSPS) is 11.5. The van der Waals surface area contributed by atoms with Gasteiger partial charge in [0.25, 0.3) is 0 Å². The Morgan fingerprint density at radius 1 is 1.33 bits per heavy atom. The lowest BCUT2D eigenvalue weighted by molar-refractivity contribution is 0.529. The Morgan fingerprint density at radius 2 is 2.00 bits per heavy atom. The molecular weight excluding hydrogens is 211 g/mol. The van der Waals surface area contributed by atoms with E-state index in [0.717, 1.165) is 24.0 Å². The van der Waals surface area contributed by atoms with Gasteiger partial charge in [0.05, 0.1) is 0 Å². The Balaban J connectivity index is 2.75. The molecular formula is C12H18FOS+. The first kappa shape index (κ1) is 12.4. The minimum atomic E-state index is -0.288. The van der Waals surface area contributed by atoms with E-state index < -0.39 is 0 Å². The van der Waals surface area contributed by atoms with E-state index in [2.05, 4.69) is 20.8 Å². The van der Waals surface area contributed by atoms with E-state index in [1.165, 1.54) is 6.07 Å². The number of aryl methyl sites for hydroxylation is 1. The summed E-state index contributed by atoms with van der Waals surface area (Å²) in [4.78, 5) is 0. The van der Waals surface area contributed by atoms with Crippen molar-refractivity contribution in [2.45, 2.75) is 38.9 Å². The van der Waals surface area contributed by atoms with Crippen molar-refractivity contribution in [1.82, 2.24) is 0 Å². The zero-order valence-corrected chi connectivity index (χ0v) is 10.6. The molecule has 0 atom stereocenters. The number of rotatable bonds is 3. The molecule has 0 N–H and O–H groups in total. The number of thiol groups is 1. The van der Waals surface area contributed by atoms with Gasteiger partial charge in [0.15, 0.2) is 22.6 Å². The summed E-state index contributed by atoms with van der Waals surface area (Å²) in [5.41, 5.74) is 1.09. The fourth-order valence-corrected chi connectivity index (χ4v) is 1.54. The summed E-state index contributed by atoms with van der Waals surface area (Å²) in [7, 11) is 0. The first-order chi connectivity index (χ1) is 6.92. The van der Waals surface area contributed by atoms with Gasteiger partial charge in [-0.25, -0.2) is 4.39 Å². The van der Waals surface area contributed by atoms with E-state index in [1.807, 2.05) is 6.92 Å². The van der Waals surface area contributed by atoms with E-state index in [-0.39, 0.29) is 10.6 Å². The van der Waals surface area contributed by atoms with Crippen LogP contribution in [0, 0.1) is 5.82 Å². The summed E-state index contributed by atoms with van der Waals surface area (Å²) >= 11 is 0.777. The van der Waals surface area contributed by atoms with E-state index in [4.69, 9.17) is 4.18 Å². The van der Waals surface area contributed by atoms with Gasteiger partial charge in [-0.3, -0.25) is 4.18 Å². The van der Waals surface area contributed by atoms with Gasteiger partial charge in [0.2, 0.25) is 5.75 Å². The summed E-state index contributed by atoms with van der Waals surface area (Å²) in [6.45, 7) is 8.20. The molecule has 15 heavy (non-hydrogen) atoms. The molecule has 0 unspecified atom stereocenters. The number of hydrogen-bond acceptors (Lipinski definition) is 1. The Kier molecular flexibility index (Phi) is 4.03. The quantitative estimate of drug-likeness (QED) is 0.571. The van der Waals surface area contributed by atoms with Gasteiger partial charge in [0.1, 0.15) is 0 Å². The van der Waals surface area contributed by atoms with Crippen LogP contribution in [0.3, 0.4) is 0 Å². The van der Waals surface area contributed by atoms with Gasteiger partial charge in [-0.2, -0.15) is 0 Å². The molecule has 0 aliphatic carbocycles. The van der Waals surface area contributed by atoms with Crippen molar-refractivity contribution in [3.8, 4) is 5.75 Å². The lowest BCUT2D eigenvalue weighted by atomic mass is 10.1. The maximum Gasteiger partial charge on any atom is 0.223 e. The molecule has 1 nitrogen and oxygen atoms in total. The maximum atomic E-state index is 13.4. The molecule has 1 aromatic rings. The SMILES string of the molecule is CCc1ccc(F)c(O[SH+]C(C)(C)C)c1. The highest BCUT2D eigenvalue weighted by Crippen LogP contribution is 2.21. The monoisotopic (exact) mass is 229 g/mol. The molecule has 0 heterocycles. The van der Waals surface area contributed by atoms with Crippen molar-refractivity contribution in [2.24, 2.45) is 0 Å². The maximum absolute atomic E-state index is 13.4. The van der Waals surface area contributed by atoms with Gasteiger partial charge >= 0.3 is 0 Å². The molecule has 84 valence electrons. The van der Waals surface area contributed by atoms with Gasteiger partial charge in [0, 0.05) is 0 Å². The smallest absolute Gasteiger partial charge is 0.223 e. The molecule has 0 bridgehead atoms. The van der Waals surface area contributed by atoms with Crippen molar-refractivity contribution in [3.05, 3.63) is 29.6 Å². The second-order valence-electron chi connectivity index (χ2n) is 4.47. The molecule has 0 saturated heterocycles. The zero-order chi connectivity index (χ0) is 11.5. The van der Waals surface area contributed by atoms with Crippen LogP contribution in [0.15, 0.2) is 18.2 Å². The molecule has 1 rings (SSSR count). The highest BCUT2D eigenvalue weighted by Gasteiger charge is 2.23. The zero-order valence-electron chi connectivity index (χ0n) is 9.67. The third kappa shape index (κ3) is 4.12. The van der Waals surface area contributed by atoms with E-state index >= 15 is 0 Å². The number of benzene rings is 1. The lowest BCUT2D eigenvalue weighted by Gasteiger charge is -2.08. The van der Waals surface area contributed by atoms with Crippen LogP contribution >= 0.6 is 0 Å². The average Bonchev–Trinajstić information content (AvgIpc) is 2.15. The summed E-state index contributed by atoms with van der Waals surface area (Å²) in [6, 6.07) is 5.02. The minimum absolute atomic E-state index is 0.0225. The van der Waals surface area contributed by atoms with Crippen LogP contribution in [0.2, 0.25) is 0 Å². The first-order valence-electron chi connectivity index (χ1n) is 5.10. The Labute approximate surface area is 95.2 Å². The van der Waals surface area contributed by atoms with Crippen molar-refractivity contribution in [3.63, 3.8) is 0 Å². The van der Waals surface area contributed by atoms with Crippen LogP contribution in [-0.2, 0) is 18.5 Å². The van der Waals surface area contributed by atoms with Gasteiger partial charge in [-0.1, -0.05) is 13.0 Å². The van der Waals surface area contributed by atoms with E-state index in [0.29, 0.717) is 5.75 Å². The van der Waals surface area contributed by atoms with Crippen molar-refractivity contribution < 1.29 is 8.57 Å². The van der Waals surface area contributed by atoms with Gasteiger partial charge < -0.3 is 0 Å². The summed E-state index contributed by atoms with van der Waals surface area (Å²) < 4.78 is 18.8. The molecule has 0 aromatic heterocycles. The van der Waals surface area contributed by atoms with Crippen LogP contribution in [0.4, 0.5) is 4.39 Å². The van der Waals surface area contributed by atoms with Crippen LogP contribution in [0.5, 0.6) is 5.75 Å². The highest BCUT2D eigenvalue weighted by atomic mass is 32.2. The summed E-state index contributed by atoms with van der Waals surface area (Å²) in [5, 5.41) is 0. The second kappa shape index (κ2) is 4.88. The van der Waals surface area contributed by atoms with E-state index in [1.54, 1.807) is 12.1 Å². The number of halogens is 1.